The fraction of sp³-hybridized carbons (Fsp3) is 0.400. The van der Waals surface area contributed by atoms with E-state index >= 15 is 0 Å². The Kier molecular flexibility index (Phi) is 5.31. The van der Waals surface area contributed by atoms with Crippen molar-refractivity contribution in [1.82, 2.24) is 15.0 Å². The Labute approximate surface area is 125 Å². The Bertz CT molecular complexity index is 561. The first-order valence-electron chi connectivity index (χ1n) is 7.07. The number of methoxy groups -OCH3 is 1. The summed E-state index contributed by atoms with van der Waals surface area (Å²) in [5, 5.41) is 3.19. The molecule has 6 nitrogen and oxygen atoms in total. The van der Waals surface area contributed by atoms with Crippen LogP contribution in [-0.2, 0) is 6.54 Å². The van der Waals surface area contributed by atoms with Crippen LogP contribution in [0.25, 0.3) is 0 Å². The van der Waals surface area contributed by atoms with Gasteiger partial charge in [0.2, 0.25) is 5.75 Å². The summed E-state index contributed by atoms with van der Waals surface area (Å²) >= 11 is 0. The molecule has 2 aromatic heterocycles. The van der Waals surface area contributed by atoms with Gasteiger partial charge in [-0.25, -0.2) is 9.97 Å². The third kappa shape index (κ3) is 3.59. The Morgan fingerprint density at radius 1 is 1.19 bits per heavy atom. The number of aromatic nitrogens is 3. The van der Waals surface area contributed by atoms with Gasteiger partial charge in [0.05, 0.1) is 19.3 Å². The van der Waals surface area contributed by atoms with Crippen LogP contribution < -0.4 is 15.0 Å². The summed E-state index contributed by atoms with van der Waals surface area (Å²) in [5.74, 6) is 2.15. The minimum absolute atomic E-state index is 0.664. The van der Waals surface area contributed by atoms with Gasteiger partial charge in [-0.05, 0) is 26.0 Å². The van der Waals surface area contributed by atoms with E-state index in [1.165, 1.54) is 0 Å². The van der Waals surface area contributed by atoms with Gasteiger partial charge >= 0.3 is 0 Å². The number of anilines is 2. The van der Waals surface area contributed by atoms with Gasteiger partial charge in [0.1, 0.15) is 6.33 Å². The van der Waals surface area contributed by atoms with Gasteiger partial charge in [-0.3, -0.25) is 4.98 Å². The molecule has 0 aliphatic heterocycles. The zero-order chi connectivity index (χ0) is 15.1. The van der Waals surface area contributed by atoms with Crippen molar-refractivity contribution in [2.45, 2.75) is 20.4 Å². The van der Waals surface area contributed by atoms with Crippen molar-refractivity contribution in [3.8, 4) is 5.75 Å². The first-order chi connectivity index (χ1) is 10.3. The topological polar surface area (TPSA) is 63.2 Å². The number of hydrogen-bond donors (Lipinski definition) is 1. The van der Waals surface area contributed by atoms with E-state index in [2.05, 4.69) is 32.1 Å². The van der Waals surface area contributed by atoms with E-state index in [0.717, 1.165) is 24.6 Å². The van der Waals surface area contributed by atoms with Crippen LogP contribution in [0.5, 0.6) is 5.75 Å². The number of ether oxygens (including phenoxy) is 1. The van der Waals surface area contributed by atoms with Crippen molar-refractivity contribution in [3.63, 3.8) is 0 Å². The van der Waals surface area contributed by atoms with Crippen LogP contribution in [0.4, 0.5) is 11.6 Å². The molecule has 2 rings (SSSR count). The standard InChI is InChI=1S/C15H21N5O/c1-4-16-14-13(21-3)15(19-11-18-14)20(5-2)10-12-8-6-7-9-17-12/h6-9,11H,4-5,10H2,1-3H3,(H,16,18,19). The molecule has 0 saturated carbocycles. The third-order valence-electron chi connectivity index (χ3n) is 3.09. The van der Waals surface area contributed by atoms with Gasteiger partial charge in [-0.2, -0.15) is 0 Å². The predicted molar refractivity (Wildman–Crippen MR) is 83.7 cm³/mol. The predicted octanol–water partition coefficient (Wildman–Crippen LogP) is 2.34. The van der Waals surface area contributed by atoms with Gasteiger partial charge in [0.15, 0.2) is 11.6 Å². The highest BCUT2D eigenvalue weighted by molar-refractivity contribution is 5.64. The molecule has 0 radical (unpaired) electrons. The van der Waals surface area contributed by atoms with Gasteiger partial charge in [-0.15, -0.1) is 0 Å². The van der Waals surface area contributed by atoms with Crippen molar-refractivity contribution >= 4 is 11.6 Å². The first kappa shape index (κ1) is 15.0. The monoisotopic (exact) mass is 287 g/mol. The first-order valence-corrected chi connectivity index (χ1v) is 7.07. The maximum atomic E-state index is 5.50. The smallest absolute Gasteiger partial charge is 0.204 e. The number of pyridine rings is 1. The molecule has 0 aromatic carbocycles. The zero-order valence-corrected chi connectivity index (χ0v) is 12.7. The Morgan fingerprint density at radius 2 is 2.05 bits per heavy atom. The Morgan fingerprint density at radius 3 is 2.67 bits per heavy atom. The lowest BCUT2D eigenvalue weighted by Gasteiger charge is -2.24. The zero-order valence-electron chi connectivity index (χ0n) is 12.7. The van der Waals surface area contributed by atoms with E-state index in [0.29, 0.717) is 18.1 Å². The number of nitrogens with one attached hydrogen (secondary N) is 1. The van der Waals surface area contributed by atoms with Crippen molar-refractivity contribution in [2.75, 3.05) is 30.4 Å². The molecule has 21 heavy (non-hydrogen) atoms. The van der Waals surface area contributed by atoms with E-state index in [-0.39, 0.29) is 0 Å². The molecular weight excluding hydrogens is 266 g/mol. The fourth-order valence-electron chi connectivity index (χ4n) is 2.09. The molecule has 0 spiro atoms. The molecular formula is C15H21N5O. The minimum atomic E-state index is 0.664. The average molecular weight is 287 g/mol. The molecule has 6 heteroatoms. The molecule has 112 valence electrons. The molecule has 0 fully saturated rings. The molecule has 2 heterocycles. The number of nitrogens with zero attached hydrogens (tertiary/aromatic N) is 4. The number of rotatable bonds is 7. The van der Waals surface area contributed by atoms with Crippen LogP contribution in [0.2, 0.25) is 0 Å². The van der Waals surface area contributed by atoms with Crippen LogP contribution in [0.3, 0.4) is 0 Å². The summed E-state index contributed by atoms with van der Waals surface area (Å²) in [5.41, 5.74) is 0.991. The maximum Gasteiger partial charge on any atom is 0.204 e. The molecule has 0 atom stereocenters. The lowest BCUT2D eigenvalue weighted by molar-refractivity contribution is 0.412. The summed E-state index contributed by atoms with van der Waals surface area (Å²) < 4.78 is 5.50. The molecule has 0 aliphatic rings. The van der Waals surface area contributed by atoms with Gasteiger partial charge < -0.3 is 15.0 Å². The lowest BCUT2D eigenvalue weighted by Crippen LogP contribution is -2.24. The van der Waals surface area contributed by atoms with Crippen LogP contribution in [0.15, 0.2) is 30.7 Å². The van der Waals surface area contributed by atoms with Crippen molar-refractivity contribution in [2.24, 2.45) is 0 Å². The van der Waals surface area contributed by atoms with Crippen LogP contribution in [0, 0.1) is 0 Å². The second kappa shape index (κ2) is 7.42. The third-order valence-corrected chi connectivity index (χ3v) is 3.09. The molecule has 0 aliphatic carbocycles. The van der Waals surface area contributed by atoms with Crippen molar-refractivity contribution < 1.29 is 4.74 Å². The van der Waals surface area contributed by atoms with Gasteiger partial charge in [-0.1, -0.05) is 6.07 Å². The van der Waals surface area contributed by atoms with E-state index in [1.807, 2.05) is 25.1 Å². The van der Waals surface area contributed by atoms with Crippen LogP contribution in [0.1, 0.15) is 19.5 Å². The Balaban J connectivity index is 2.31. The van der Waals surface area contributed by atoms with E-state index in [4.69, 9.17) is 4.74 Å². The Hall–Kier alpha value is -2.37. The highest BCUT2D eigenvalue weighted by Crippen LogP contribution is 2.32. The van der Waals surface area contributed by atoms with Crippen molar-refractivity contribution in [1.29, 1.82) is 0 Å². The summed E-state index contributed by atoms with van der Waals surface area (Å²) in [6.07, 6.45) is 3.35. The minimum Gasteiger partial charge on any atom is -0.490 e. The summed E-state index contributed by atoms with van der Waals surface area (Å²) in [6, 6.07) is 5.90. The number of hydrogen-bond acceptors (Lipinski definition) is 6. The summed E-state index contributed by atoms with van der Waals surface area (Å²) in [6.45, 7) is 6.36. The van der Waals surface area contributed by atoms with Gasteiger partial charge in [0, 0.05) is 19.3 Å². The SMILES string of the molecule is CCNc1ncnc(N(CC)Cc2ccccn2)c1OC. The quantitative estimate of drug-likeness (QED) is 0.843. The largest absolute Gasteiger partial charge is 0.490 e. The lowest BCUT2D eigenvalue weighted by atomic mass is 10.3. The molecule has 0 saturated heterocycles. The summed E-state index contributed by atoms with van der Waals surface area (Å²) in [7, 11) is 1.64. The van der Waals surface area contributed by atoms with E-state index < -0.39 is 0 Å². The fourth-order valence-corrected chi connectivity index (χ4v) is 2.09. The van der Waals surface area contributed by atoms with Gasteiger partial charge in [0.25, 0.3) is 0 Å². The second-order valence-corrected chi connectivity index (χ2v) is 4.44. The normalized spacial score (nSPS) is 10.2. The molecule has 0 amide bonds. The maximum absolute atomic E-state index is 5.50. The van der Waals surface area contributed by atoms with E-state index in [1.54, 1.807) is 19.6 Å². The van der Waals surface area contributed by atoms with Crippen LogP contribution >= 0.6 is 0 Å². The highest BCUT2D eigenvalue weighted by atomic mass is 16.5. The molecule has 2 aromatic rings. The van der Waals surface area contributed by atoms with Crippen LogP contribution in [-0.4, -0.2) is 35.2 Å². The molecule has 0 unspecified atom stereocenters. The molecule has 0 bridgehead atoms. The van der Waals surface area contributed by atoms with Crippen molar-refractivity contribution in [3.05, 3.63) is 36.4 Å². The highest BCUT2D eigenvalue weighted by Gasteiger charge is 2.17. The van der Waals surface area contributed by atoms with E-state index in [9.17, 15) is 0 Å². The average Bonchev–Trinajstić information content (AvgIpc) is 2.54. The second-order valence-electron chi connectivity index (χ2n) is 4.44. The summed E-state index contributed by atoms with van der Waals surface area (Å²) in [4.78, 5) is 15.1. The molecule has 1 N–H and O–H groups in total.